The first kappa shape index (κ1) is 14.5. The molecule has 6 heteroatoms. The Morgan fingerprint density at radius 2 is 2.20 bits per heavy atom. The van der Waals surface area contributed by atoms with Crippen LogP contribution in [0.1, 0.15) is 15.9 Å². The van der Waals surface area contributed by atoms with Crippen LogP contribution in [0.4, 0.5) is 10.1 Å². The Morgan fingerprint density at radius 1 is 1.40 bits per heavy atom. The quantitative estimate of drug-likeness (QED) is 0.868. The van der Waals surface area contributed by atoms with Crippen molar-refractivity contribution in [1.29, 1.82) is 0 Å². The van der Waals surface area contributed by atoms with Gasteiger partial charge in [0.15, 0.2) is 0 Å². The van der Waals surface area contributed by atoms with Crippen LogP contribution in [0.25, 0.3) is 0 Å². The number of rotatable bonds is 4. The second-order valence-corrected chi connectivity index (χ2v) is 4.96. The van der Waals surface area contributed by atoms with Crippen LogP contribution in [0.5, 0.6) is 0 Å². The van der Waals surface area contributed by atoms with E-state index < -0.39 is 11.8 Å². The summed E-state index contributed by atoms with van der Waals surface area (Å²) >= 11 is 3.32. The smallest absolute Gasteiger partial charge is 0.339 e. The Kier molecular flexibility index (Phi) is 4.68. The van der Waals surface area contributed by atoms with Crippen LogP contribution in [-0.4, -0.2) is 18.1 Å². The summed E-state index contributed by atoms with van der Waals surface area (Å²) in [7, 11) is 1.29. The lowest BCUT2D eigenvalue weighted by Gasteiger charge is -2.11. The summed E-state index contributed by atoms with van der Waals surface area (Å²) in [4.78, 5) is 15.6. The van der Waals surface area contributed by atoms with Gasteiger partial charge in [-0.3, -0.25) is 4.98 Å². The van der Waals surface area contributed by atoms with Crippen LogP contribution in [0.3, 0.4) is 0 Å². The normalized spacial score (nSPS) is 10.2. The molecule has 0 bridgehead atoms. The largest absolute Gasteiger partial charge is 0.465 e. The molecule has 2 aromatic rings. The third kappa shape index (κ3) is 3.54. The van der Waals surface area contributed by atoms with Crippen LogP contribution in [0.2, 0.25) is 0 Å². The van der Waals surface area contributed by atoms with Gasteiger partial charge in [0, 0.05) is 23.4 Å². The van der Waals surface area contributed by atoms with Crippen molar-refractivity contribution in [2.45, 2.75) is 6.54 Å². The number of carbonyl (C=O) groups is 1. The van der Waals surface area contributed by atoms with Gasteiger partial charge in [-0.15, -0.1) is 0 Å². The van der Waals surface area contributed by atoms with Gasteiger partial charge in [-0.25, -0.2) is 9.18 Å². The summed E-state index contributed by atoms with van der Waals surface area (Å²) < 4.78 is 18.8. The number of anilines is 1. The summed E-state index contributed by atoms with van der Waals surface area (Å²) in [6.45, 7) is 0.417. The number of pyridine rings is 1. The number of carbonyl (C=O) groups excluding carboxylic acids is 1. The fraction of sp³-hybridized carbons (Fsp3) is 0.143. The number of esters is 1. The molecule has 0 saturated heterocycles. The maximum absolute atomic E-state index is 13.3. The average molecular weight is 339 g/mol. The van der Waals surface area contributed by atoms with Gasteiger partial charge in [-0.2, -0.15) is 0 Å². The number of ether oxygens (including phenoxy) is 1. The van der Waals surface area contributed by atoms with Gasteiger partial charge in [-0.05, 0) is 45.8 Å². The Balaban J connectivity index is 2.20. The molecule has 2 rings (SSSR count). The van der Waals surface area contributed by atoms with E-state index in [9.17, 15) is 9.18 Å². The highest BCUT2D eigenvalue weighted by Gasteiger charge is 2.12. The molecule has 0 aliphatic carbocycles. The van der Waals surface area contributed by atoms with E-state index in [1.807, 2.05) is 6.07 Å². The van der Waals surface area contributed by atoms with Crippen LogP contribution < -0.4 is 5.32 Å². The van der Waals surface area contributed by atoms with Gasteiger partial charge in [0.25, 0.3) is 0 Å². The molecule has 0 saturated carbocycles. The zero-order valence-electron chi connectivity index (χ0n) is 10.7. The Morgan fingerprint density at radius 3 is 2.90 bits per heavy atom. The maximum Gasteiger partial charge on any atom is 0.339 e. The summed E-state index contributed by atoms with van der Waals surface area (Å²) in [5.41, 5.74) is 1.58. The minimum Gasteiger partial charge on any atom is -0.465 e. The number of nitrogens with one attached hydrogen (secondary N) is 1. The molecule has 20 heavy (non-hydrogen) atoms. The van der Waals surface area contributed by atoms with E-state index in [2.05, 4.69) is 31.0 Å². The number of hydrogen-bond acceptors (Lipinski definition) is 4. The highest BCUT2D eigenvalue weighted by molar-refractivity contribution is 9.10. The summed E-state index contributed by atoms with van der Waals surface area (Å²) in [5, 5.41) is 3.01. The van der Waals surface area contributed by atoms with E-state index >= 15 is 0 Å². The molecule has 1 N–H and O–H groups in total. The molecule has 1 aromatic heterocycles. The minimum atomic E-state index is -0.514. The third-order valence-corrected chi connectivity index (χ3v) is 3.07. The Labute approximate surface area is 124 Å². The predicted octanol–water partition coefficient (Wildman–Crippen LogP) is 3.38. The summed E-state index contributed by atoms with van der Waals surface area (Å²) in [6, 6.07) is 5.76. The second-order valence-electron chi connectivity index (χ2n) is 4.05. The molecule has 0 spiro atoms. The Bertz CT molecular complexity index is 634. The number of benzene rings is 1. The molecule has 1 aromatic carbocycles. The van der Waals surface area contributed by atoms with Crippen molar-refractivity contribution in [1.82, 2.24) is 4.98 Å². The third-order valence-electron chi connectivity index (χ3n) is 2.63. The number of nitrogens with zero attached hydrogens (tertiary/aromatic N) is 1. The van der Waals surface area contributed by atoms with Crippen LogP contribution in [0.15, 0.2) is 41.1 Å². The zero-order valence-corrected chi connectivity index (χ0v) is 12.3. The van der Waals surface area contributed by atoms with Crippen molar-refractivity contribution >= 4 is 27.6 Å². The molecule has 0 radical (unpaired) electrons. The van der Waals surface area contributed by atoms with E-state index in [1.165, 1.54) is 25.3 Å². The fourth-order valence-corrected chi connectivity index (χ4v) is 2.11. The lowest BCUT2D eigenvalue weighted by Crippen LogP contribution is -2.08. The Hall–Kier alpha value is -1.95. The average Bonchev–Trinajstić information content (AvgIpc) is 2.44. The monoisotopic (exact) mass is 338 g/mol. The first-order valence-electron chi connectivity index (χ1n) is 5.81. The van der Waals surface area contributed by atoms with Crippen molar-refractivity contribution in [3.63, 3.8) is 0 Å². The van der Waals surface area contributed by atoms with Crippen molar-refractivity contribution in [3.05, 3.63) is 58.1 Å². The van der Waals surface area contributed by atoms with Crippen molar-refractivity contribution in [2.24, 2.45) is 0 Å². The van der Waals surface area contributed by atoms with Crippen molar-refractivity contribution < 1.29 is 13.9 Å². The molecule has 0 fully saturated rings. The van der Waals surface area contributed by atoms with E-state index in [0.717, 1.165) is 10.0 Å². The number of methoxy groups -OCH3 is 1. The SMILES string of the molecule is COC(=O)c1ccc(F)cc1NCc1cncc(Br)c1. The first-order valence-corrected chi connectivity index (χ1v) is 6.60. The van der Waals surface area contributed by atoms with Crippen LogP contribution >= 0.6 is 15.9 Å². The minimum absolute atomic E-state index is 0.289. The zero-order chi connectivity index (χ0) is 14.5. The molecule has 1 heterocycles. The molecule has 4 nitrogen and oxygen atoms in total. The van der Waals surface area contributed by atoms with Gasteiger partial charge >= 0.3 is 5.97 Å². The summed E-state index contributed by atoms with van der Waals surface area (Å²) in [6.07, 6.45) is 3.36. The molecular formula is C14H12BrFN2O2. The van der Waals surface area contributed by atoms with E-state index in [-0.39, 0.29) is 5.56 Å². The molecule has 104 valence electrons. The van der Waals surface area contributed by atoms with Gasteiger partial charge in [-0.1, -0.05) is 0 Å². The summed E-state index contributed by atoms with van der Waals surface area (Å²) in [5.74, 6) is -0.938. The fourth-order valence-electron chi connectivity index (χ4n) is 1.70. The van der Waals surface area contributed by atoms with Crippen molar-refractivity contribution in [3.8, 4) is 0 Å². The molecule has 0 unspecified atom stereocenters. The molecule has 0 atom stereocenters. The molecular weight excluding hydrogens is 327 g/mol. The van der Waals surface area contributed by atoms with Crippen LogP contribution in [-0.2, 0) is 11.3 Å². The van der Waals surface area contributed by atoms with E-state index in [0.29, 0.717) is 12.2 Å². The number of halogens is 2. The molecule has 0 aliphatic heterocycles. The van der Waals surface area contributed by atoms with E-state index in [4.69, 9.17) is 0 Å². The van der Waals surface area contributed by atoms with Gasteiger partial charge < -0.3 is 10.1 Å². The van der Waals surface area contributed by atoms with Gasteiger partial charge in [0.05, 0.1) is 18.4 Å². The number of aromatic nitrogens is 1. The highest BCUT2D eigenvalue weighted by Crippen LogP contribution is 2.19. The van der Waals surface area contributed by atoms with Gasteiger partial charge in [0.2, 0.25) is 0 Å². The van der Waals surface area contributed by atoms with Crippen molar-refractivity contribution in [2.75, 3.05) is 12.4 Å². The van der Waals surface area contributed by atoms with Gasteiger partial charge in [0.1, 0.15) is 5.82 Å². The topological polar surface area (TPSA) is 51.2 Å². The molecule has 0 aliphatic rings. The lowest BCUT2D eigenvalue weighted by molar-refractivity contribution is 0.0602. The predicted molar refractivity (Wildman–Crippen MR) is 77.0 cm³/mol. The first-order chi connectivity index (χ1) is 9.60. The van der Waals surface area contributed by atoms with E-state index in [1.54, 1.807) is 12.4 Å². The second kappa shape index (κ2) is 6.47. The van der Waals surface area contributed by atoms with Crippen LogP contribution in [0, 0.1) is 5.82 Å². The highest BCUT2D eigenvalue weighted by atomic mass is 79.9. The lowest BCUT2D eigenvalue weighted by atomic mass is 10.1. The maximum atomic E-state index is 13.3. The standard InChI is InChI=1S/C14H12BrFN2O2/c1-20-14(19)12-3-2-11(16)5-13(12)18-7-9-4-10(15)8-17-6-9/h2-6,8,18H,7H2,1H3. The number of hydrogen-bond donors (Lipinski definition) is 1. The molecule has 0 amide bonds.